The number of anilines is 1. The van der Waals surface area contributed by atoms with Gasteiger partial charge in [-0.25, -0.2) is 0 Å². The van der Waals surface area contributed by atoms with Gasteiger partial charge in [0.1, 0.15) is 0 Å². The van der Waals surface area contributed by atoms with Gasteiger partial charge in [0, 0.05) is 11.3 Å². The van der Waals surface area contributed by atoms with E-state index in [9.17, 15) is 9.59 Å². The quantitative estimate of drug-likeness (QED) is 0.678. The first kappa shape index (κ1) is 20.5. The minimum absolute atomic E-state index is 0.0627. The molecule has 2 rings (SSSR count). The van der Waals surface area contributed by atoms with Gasteiger partial charge in [-0.1, -0.05) is 32.0 Å². The van der Waals surface area contributed by atoms with Gasteiger partial charge in [0.2, 0.25) is 0 Å². The second kappa shape index (κ2) is 9.21. The van der Waals surface area contributed by atoms with Gasteiger partial charge in [0.25, 0.3) is 5.91 Å². The Balaban J connectivity index is 2.14. The molecule has 0 saturated carbocycles. The van der Waals surface area contributed by atoms with Gasteiger partial charge < -0.3 is 14.8 Å². The average molecular weight is 369 g/mol. The molecule has 0 aliphatic carbocycles. The number of para-hydroxylation sites is 1. The number of ketones is 1. The summed E-state index contributed by atoms with van der Waals surface area (Å²) in [6.07, 6.45) is 0.255. The number of carbonyl (C=O) groups is 2. The zero-order valence-electron chi connectivity index (χ0n) is 16.5. The van der Waals surface area contributed by atoms with E-state index in [0.717, 1.165) is 17.7 Å². The van der Waals surface area contributed by atoms with E-state index in [-0.39, 0.29) is 11.7 Å². The maximum atomic E-state index is 12.6. The second-order valence-corrected chi connectivity index (χ2v) is 6.57. The zero-order valence-corrected chi connectivity index (χ0v) is 16.5. The summed E-state index contributed by atoms with van der Waals surface area (Å²) in [5.74, 6) is 0.871. The highest BCUT2D eigenvalue weighted by atomic mass is 16.5. The molecular weight excluding hydrogens is 342 g/mol. The highest BCUT2D eigenvalue weighted by Crippen LogP contribution is 2.30. The molecule has 5 nitrogen and oxygen atoms in total. The van der Waals surface area contributed by atoms with Crippen molar-refractivity contribution in [2.75, 3.05) is 12.4 Å². The van der Waals surface area contributed by atoms with Crippen LogP contribution in [-0.2, 0) is 4.79 Å². The van der Waals surface area contributed by atoms with Crippen molar-refractivity contribution in [3.05, 3.63) is 53.6 Å². The lowest BCUT2D eigenvalue weighted by Crippen LogP contribution is -2.30. The van der Waals surface area contributed by atoms with Crippen LogP contribution in [0, 0.1) is 0 Å². The van der Waals surface area contributed by atoms with Crippen molar-refractivity contribution in [1.29, 1.82) is 0 Å². The van der Waals surface area contributed by atoms with Crippen LogP contribution in [0.4, 0.5) is 5.69 Å². The summed E-state index contributed by atoms with van der Waals surface area (Å²) in [7, 11) is 1.50. The number of Topliss-reactive ketones (excluding diaryl/α,β-unsaturated/α-hetero) is 1. The van der Waals surface area contributed by atoms with Gasteiger partial charge in [-0.05, 0) is 56.0 Å². The van der Waals surface area contributed by atoms with E-state index in [1.807, 2.05) is 24.3 Å². The van der Waals surface area contributed by atoms with Crippen LogP contribution in [0.2, 0.25) is 0 Å². The minimum Gasteiger partial charge on any atom is -0.493 e. The molecule has 0 bridgehead atoms. The lowest BCUT2D eigenvalue weighted by Gasteiger charge is -2.19. The first-order valence-electron chi connectivity index (χ1n) is 9.12. The summed E-state index contributed by atoms with van der Waals surface area (Å²) >= 11 is 0. The molecule has 144 valence electrons. The Hall–Kier alpha value is -2.82. The molecule has 0 aromatic heterocycles. The standard InChI is InChI=1S/C22H27NO4/c1-6-14(2)18-9-7-8-10-19(18)23-22(25)16(4)27-20-12-11-17(15(3)24)13-21(20)26-5/h7-14,16H,6H2,1-5H3,(H,23,25)/t14-,16+/m1/s1. The summed E-state index contributed by atoms with van der Waals surface area (Å²) in [4.78, 5) is 24.1. The third kappa shape index (κ3) is 5.09. The Labute approximate surface area is 160 Å². The molecule has 2 atom stereocenters. The fraction of sp³-hybridized carbons (Fsp3) is 0.364. The van der Waals surface area contributed by atoms with Gasteiger partial charge in [0.05, 0.1) is 7.11 Å². The summed E-state index contributed by atoms with van der Waals surface area (Å²) in [5, 5.41) is 2.95. The largest absolute Gasteiger partial charge is 0.493 e. The maximum absolute atomic E-state index is 12.6. The molecule has 0 saturated heterocycles. The fourth-order valence-electron chi connectivity index (χ4n) is 2.72. The summed E-state index contributed by atoms with van der Waals surface area (Å²) in [6.45, 7) is 7.41. The van der Waals surface area contributed by atoms with E-state index >= 15 is 0 Å². The lowest BCUT2D eigenvalue weighted by molar-refractivity contribution is -0.122. The third-order valence-corrected chi connectivity index (χ3v) is 4.61. The third-order valence-electron chi connectivity index (χ3n) is 4.61. The Kier molecular flexibility index (Phi) is 6.99. The van der Waals surface area contributed by atoms with Crippen LogP contribution in [0.5, 0.6) is 11.5 Å². The molecule has 0 heterocycles. The molecule has 5 heteroatoms. The second-order valence-electron chi connectivity index (χ2n) is 6.57. The van der Waals surface area contributed by atoms with Crippen LogP contribution in [0.1, 0.15) is 56.0 Å². The van der Waals surface area contributed by atoms with Crippen LogP contribution >= 0.6 is 0 Å². The summed E-state index contributed by atoms with van der Waals surface area (Å²) in [6, 6.07) is 12.7. The number of carbonyl (C=O) groups excluding carboxylic acids is 2. The normalized spacial score (nSPS) is 12.8. The number of ether oxygens (including phenoxy) is 2. The summed E-state index contributed by atoms with van der Waals surface area (Å²) < 4.78 is 11.1. The molecule has 1 amide bonds. The van der Waals surface area contributed by atoms with Crippen molar-refractivity contribution in [1.82, 2.24) is 0 Å². The van der Waals surface area contributed by atoms with Gasteiger partial charge in [-0.15, -0.1) is 0 Å². The summed E-state index contributed by atoms with van der Waals surface area (Å²) in [5.41, 5.74) is 2.42. The Morgan fingerprint density at radius 2 is 1.78 bits per heavy atom. The first-order valence-corrected chi connectivity index (χ1v) is 9.12. The molecule has 1 N–H and O–H groups in total. The topological polar surface area (TPSA) is 64.6 Å². The van der Waals surface area contributed by atoms with Crippen molar-refractivity contribution in [2.45, 2.75) is 46.1 Å². The minimum atomic E-state index is -0.730. The lowest BCUT2D eigenvalue weighted by atomic mass is 9.97. The molecule has 0 spiro atoms. The molecule has 2 aromatic rings. The van der Waals surface area contributed by atoms with Gasteiger partial charge in [-0.2, -0.15) is 0 Å². The first-order chi connectivity index (χ1) is 12.9. The van der Waals surface area contributed by atoms with Crippen molar-refractivity contribution in [3.63, 3.8) is 0 Å². The predicted octanol–water partition coefficient (Wildman–Crippen LogP) is 4.82. The molecule has 0 radical (unpaired) electrons. The van der Waals surface area contributed by atoms with Crippen LogP contribution in [0.25, 0.3) is 0 Å². The van der Waals surface area contributed by atoms with Crippen LogP contribution in [-0.4, -0.2) is 24.9 Å². The maximum Gasteiger partial charge on any atom is 0.265 e. The van der Waals surface area contributed by atoms with Gasteiger partial charge in [0.15, 0.2) is 23.4 Å². The Morgan fingerprint density at radius 1 is 1.07 bits per heavy atom. The van der Waals surface area contributed by atoms with Gasteiger partial charge >= 0.3 is 0 Å². The van der Waals surface area contributed by atoms with Crippen LogP contribution < -0.4 is 14.8 Å². The highest BCUT2D eigenvalue weighted by Gasteiger charge is 2.19. The van der Waals surface area contributed by atoms with Crippen molar-refractivity contribution in [2.24, 2.45) is 0 Å². The molecule has 0 fully saturated rings. The molecule has 0 unspecified atom stereocenters. The van der Waals surface area contributed by atoms with E-state index in [2.05, 4.69) is 19.2 Å². The van der Waals surface area contributed by atoms with E-state index in [4.69, 9.17) is 9.47 Å². The average Bonchev–Trinajstić information content (AvgIpc) is 2.67. The smallest absolute Gasteiger partial charge is 0.265 e. The van der Waals surface area contributed by atoms with Crippen molar-refractivity contribution in [3.8, 4) is 11.5 Å². The SMILES string of the molecule is CC[C@@H](C)c1ccccc1NC(=O)[C@H](C)Oc1ccc(C(C)=O)cc1OC. The Bertz CT molecular complexity index is 816. The molecule has 0 aliphatic heterocycles. The van der Waals surface area contributed by atoms with Crippen molar-refractivity contribution < 1.29 is 19.1 Å². The monoisotopic (exact) mass is 369 g/mol. The number of hydrogen-bond acceptors (Lipinski definition) is 4. The number of rotatable bonds is 8. The number of benzene rings is 2. The fourth-order valence-corrected chi connectivity index (χ4v) is 2.72. The van der Waals surface area contributed by atoms with Crippen LogP contribution in [0.3, 0.4) is 0 Å². The number of hydrogen-bond donors (Lipinski definition) is 1. The molecule has 0 aliphatic rings. The van der Waals surface area contributed by atoms with Crippen molar-refractivity contribution >= 4 is 17.4 Å². The number of nitrogens with one attached hydrogen (secondary N) is 1. The van der Waals surface area contributed by atoms with E-state index in [1.165, 1.54) is 14.0 Å². The van der Waals surface area contributed by atoms with Crippen LogP contribution in [0.15, 0.2) is 42.5 Å². The number of amides is 1. The zero-order chi connectivity index (χ0) is 20.0. The molecular formula is C22H27NO4. The molecule has 2 aromatic carbocycles. The van der Waals surface area contributed by atoms with E-state index < -0.39 is 6.10 Å². The molecule has 27 heavy (non-hydrogen) atoms. The number of methoxy groups -OCH3 is 1. The highest BCUT2D eigenvalue weighted by molar-refractivity contribution is 5.95. The Morgan fingerprint density at radius 3 is 2.41 bits per heavy atom. The predicted molar refractivity (Wildman–Crippen MR) is 107 cm³/mol. The van der Waals surface area contributed by atoms with Gasteiger partial charge in [-0.3, -0.25) is 9.59 Å². The van der Waals surface area contributed by atoms with E-state index in [1.54, 1.807) is 25.1 Å². The van der Waals surface area contributed by atoms with E-state index in [0.29, 0.717) is 23.0 Å².